The third kappa shape index (κ3) is 4.93. The van der Waals surface area contributed by atoms with Crippen molar-refractivity contribution in [1.82, 2.24) is 5.32 Å². The second kappa shape index (κ2) is 4.59. The first-order chi connectivity index (χ1) is 6.05. The largest absolute Gasteiger partial charge is 0.349 e. The summed E-state index contributed by atoms with van der Waals surface area (Å²) < 4.78 is -0.414. The smallest absolute Gasteiger partial charge is 0.225 e. The van der Waals surface area contributed by atoms with Crippen molar-refractivity contribution in [3.05, 3.63) is 0 Å². The topological polar surface area (TPSA) is 46.2 Å². The Labute approximate surface area is 99.2 Å². The van der Waals surface area contributed by atoms with Crippen LogP contribution in [0.15, 0.2) is 0 Å². The Kier molecular flexibility index (Phi) is 4.55. The molecule has 0 saturated heterocycles. The summed E-state index contributed by atoms with van der Waals surface area (Å²) in [7, 11) is 0. The number of carbonyl (C=O) groups is 2. The summed E-state index contributed by atoms with van der Waals surface area (Å²) in [6, 6.07) is 0. The van der Waals surface area contributed by atoms with Crippen molar-refractivity contribution < 1.29 is 9.59 Å². The van der Waals surface area contributed by atoms with E-state index in [2.05, 4.69) is 27.9 Å². The molecule has 0 bridgehead atoms. The van der Waals surface area contributed by atoms with Gasteiger partial charge in [0, 0.05) is 5.41 Å². The predicted octanol–water partition coefficient (Wildman–Crippen LogP) is 1.93. The van der Waals surface area contributed by atoms with E-state index in [9.17, 15) is 9.59 Å². The molecule has 0 atom stereocenters. The van der Waals surface area contributed by atoms with Crippen molar-refractivity contribution in [2.24, 2.45) is 5.41 Å². The molecule has 1 N–H and O–H groups in total. The van der Waals surface area contributed by atoms with E-state index < -0.39 is 8.84 Å². The van der Waals surface area contributed by atoms with E-state index in [1.165, 1.54) is 0 Å². The van der Waals surface area contributed by atoms with Crippen molar-refractivity contribution in [1.29, 1.82) is 0 Å². The molecule has 0 heterocycles. The molecule has 4 heteroatoms. The van der Waals surface area contributed by atoms with Crippen molar-refractivity contribution in [3.8, 4) is 0 Å². The number of rotatable bonds is 3. The molecule has 0 aromatic carbocycles. The molecule has 0 aliphatic heterocycles. The van der Waals surface area contributed by atoms with Crippen LogP contribution in [-0.4, -0.2) is 21.7 Å². The number of amides is 1. The van der Waals surface area contributed by atoms with Gasteiger partial charge >= 0.3 is 0 Å². The van der Waals surface area contributed by atoms with Crippen LogP contribution in [0.25, 0.3) is 0 Å². The molecule has 0 aliphatic rings. The van der Waals surface area contributed by atoms with Crippen LogP contribution in [-0.2, 0) is 9.59 Å². The molecule has 0 aromatic heterocycles. The van der Waals surface area contributed by atoms with Crippen LogP contribution in [0.1, 0.15) is 34.6 Å². The number of hydrogen-bond acceptors (Lipinski definition) is 2. The van der Waals surface area contributed by atoms with E-state index in [1.807, 2.05) is 34.6 Å². The fraction of sp³-hybridized carbons (Fsp3) is 0.800. The monoisotopic (exact) mass is 311 g/mol. The van der Waals surface area contributed by atoms with Crippen LogP contribution in [0.2, 0.25) is 0 Å². The van der Waals surface area contributed by atoms with E-state index in [0.29, 0.717) is 0 Å². The van der Waals surface area contributed by atoms with Crippen molar-refractivity contribution in [3.63, 3.8) is 0 Å². The Morgan fingerprint density at radius 1 is 1.14 bits per heavy atom. The number of nitrogens with one attached hydrogen (secondary N) is 1. The summed E-state index contributed by atoms with van der Waals surface area (Å²) in [6.07, 6.45) is 0. The highest BCUT2D eigenvalue weighted by molar-refractivity contribution is 14.1. The highest BCUT2D eigenvalue weighted by atomic mass is 127. The highest BCUT2D eigenvalue weighted by Crippen LogP contribution is 2.17. The Hall–Kier alpha value is -0.130. The zero-order valence-electron chi connectivity index (χ0n) is 9.40. The summed E-state index contributed by atoms with van der Waals surface area (Å²) in [6.45, 7) is 9.25. The number of hydrogen-bond donors (Lipinski definition) is 1. The number of alkyl halides is 1. The van der Waals surface area contributed by atoms with Crippen LogP contribution >= 0.6 is 22.6 Å². The van der Waals surface area contributed by atoms with Crippen LogP contribution in [0.5, 0.6) is 0 Å². The van der Waals surface area contributed by atoms with Gasteiger partial charge < -0.3 is 5.32 Å². The molecule has 1 amide bonds. The third-order valence-corrected chi connectivity index (χ3v) is 2.36. The van der Waals surface area contributed by atoms with E-state index in [1.54, 1.807) is 0 Å². The van der Waals surface area contributed by atoms with Gasteiger partial charge in [0.2, 0.25) is 5.91 Å². The number of ketones is 1. The van der Waals surface area contributed by atoms with Gasteiger partial charge in [-0.1, -0.05) is 43.4 Å². The lowest BCUT2D eigenvalue weighted by molar-refractivity contribution is -0.130. The van der Waals surface area contributed by atoms with E-state index in [-0.39, 0.29) is 18.2 Å². The van der Waals surface area contributed by atoms with Crippen LogP contribution in [0.3, 0.4) is 0 Å². The Bertz CT molecular complexity index is 209. The molecule has 3 nitrogen and oxygen atoms in total. The maximum atomic E-state index is 11.5. The molecule has 0 unspecified atom stereocenters. The predicted molar refractivity (Wildman–Crippen MR) is 65.6 cm³/mol. The normalized spacial score (nSPS) is 12.4. The maximum absolute atomic E-state index is 11.5. The quantitative estimate of drug-likeness (QED) is 0.639. The van der Waals surface area contributed by atoms with Gasteiger partial charge in [-0.05, 0) is 13.8 Å². The van der Waals surface area contributed by atoms with E-state index in [0.717, 1.165) is 0 Å². The first-order valence-corrected chi connectivity index (χ1v) is 5.63. The fourth-order valence-electron chi connectivity index (χ4n) is 0.636. The van der Waals surface area contributed by atoms with Gasteiger partial charge in [0.05, 0.1) is 9.97 Å². The first kappa shape index (κ1) is 13.9. The van der Waals surface area contributed by atoms with Gasteiger partial charge in [0.15, 0.2) is 5.78 Å². The van der Waals surface area contributed by atoms with Gasteiger partial charge in [0.25, 0.3) is 0 Å². The summed E-state index contributed by atoms with van der Waals surface area (Å²) in [5, 5.41) is 2.64. The summed E-state index contributed by atoms with van der Waals surface area (Å²) in [5.41, 5.74) is -0.435. The van der Waals surface area contributed by atoms with Gasteiger partial charge in [-0.3, -0.25) is 9.59 Å². The van der Waals surface area contributed by atoms with Crippen LogP contribution in [0.4, 0.5) is 0 Å². The van der Waals surface area contributed by atoms with E-state index >= 15 is 0 Å². The summed E-state index contributed by atoms with van der Waals surface area (Å²) >= 11 is 2.07. The molecule has 82 valence electrons. The SMILES string of the molecule is CC(C)(C)C(=O)NCC(=O)C(C)(C)I. The average Bonchev–Trinajstić information content (AvgIpc) is 1.95. The molecule has 0 saturated carbocycles. The molecular weight excluding hydrogens is 293 g/mol. The lowest BCUT2D eigenvalue weighted by Crippen LogP contribution is -2.41. The number of halogens is 1. The Morgan fingerprint density at radius 3 is 1.86 bits per heavy atom. The van der Waals surface area contributed by atoms with Gasteiger partial charge in [-0.2, -0.15) is 0 Å². The lowest BCUT2D eigenvalue weighted by atomic mass is 9.95. The van der Waals surface area contributed by atoms with Gasteiger partial charge in [-0.25, -0.2) is 0 Å². The second-order valence-corrected chi connectivity index (χ2v) is 7.53. The standard InChI is InChI=1S/C10H18INO2/c1-9(2,3)8(14)12-6-7(13)10(4,5)11/h6H2,1-5H3,(H,12,14). The maximum Gasteiger partial charge on any atom is 0.225 e. The molecule has 0 radical (unpaired) electrons. The minimum atomic E-state index is -0.435. The molecule has 0 fully saturated rings. The minimum Gasteiger partial charge on any atom is -0.349 e. The fourth-order valence-corrected chi connectivity index (χ4v) is 0.827. The molecule has 0 spiro atoms. The van der Waals surface area contributed by atoms with Gasteiger partial charge in [-0.15, -0.1) is 0 Å². The molecule has 0 aromatic rings. The lowest BCUT2D eigenvalue weighted by Gasteiger charge is -2.19. The van der Waals surface area contributed by atoms with Crippen molar-refractivity contribution >= 4 is 34.3 Å². The van der Waals surface area contributed by atoms with Crippen molar-refractivity contribution in [2.45, 2.75) is 38.0 Å². The Morgan fingerprint density at radius 2 is 1.57 bits per heavy atom. The minimum absolute atomic E-state index is 0.0377. The van der Waals surface area contributed by atoms with Crippen LogP contribution < -0.4 is 5.32 Å². The van der Waals surface area contributed by atoms with Crippen LogP contribution in [0, 0.1) is 5.41 Å². The molecule has 0 aliphatic carbocycles. The first-order valence-electron chi connectivity index (χ1n) is 4.55. The second-order valence-electron chi connectivity index (χ2n) is 4.83. The number of carbonyl (C=O) groups excluding carboxylic acids is 2. The number of Topliss-reactive ketones (excluding diaryl/α,β-unsaturated/α-hetero) is 1. The van der Waals surface area contributed by atoms with Gasteiger partial charge in [0.1, 0.15) is 0 Å². The van der Waals surface area contributed by atoms with Crippen molar-refractivity contribution in [2.75, 3.05) is 6.54 Å². The summed E-state index contributed by atoms with van der Waals surface area (Å²) in [4.78, 5) is 22.9. The average molecular weight is 311 g/mol. The highest BCUT2D eigenvalue weighted by Gasteiger charge is 2.26. The zero-order chi connectivity index (χ0) is 11.6. The van der Waals surface area contributed by atoms with E-state index in [4.69, 9.17) is 0 Å². The summed E-state index contributed by atoms with van der Waals surface area (Å²) in [5.74, 6) is -0.0535. The molecule has 0 rings (SSSR count). The third-order valence-electron chi connectivity index (χ3n) is 1.75. The molecular formula is C10H18INO2. The zero-order valence-corrected chi connectivity index (χ0v) is 11.6. The Balaban J connectivity index is 4.10. The molecule has 14 heavy (non-hydrogen) atoms.